The number of nitrogens with zero attached hydrogens (tertiary/aromatic N) is 4. The molecule has 0 saturated carbocycles. The molecule has 3 rings (SSSR count). The number of hydrogen-bond donors (Lipinski definition) is 3. The third-order valence-corrected chi connectivity index (χ3v) is 4.27. The molecule has 0 aliphatic heterocycles. The average Bonchev–Trinajstić information content (AvgIpc) is 3.22. The summed E-state index contributed by atoms with van der Waals surface area (Å²) < 4.78 is 5.09. The van der Waals surface area contributed by atoms with Gasteiger partial charge in [0, 0.05) is 30.1 Å². The summed E-state index contributed by atoms with van der Waals surface area (Å²) in [4.78, 5) is 25.5. The third-order valence-electron chi connectivity index (χ3n) is 4.27. The van der Waals surface area contributed by atoms with Gasteiger partial charge in [0.25, 0.3) is 5.91 Å². The van der Waals surface area contributed by atoms with Gasteiger partial charge in [0.05, 0.1) is 25.5 Å². The van der Waals surface area contributed by atoms with Gasteiger partial charge in [-0.1, -0.05) is 6.07 Å². The fraction of sp³-hybridized carbons (Fsp3) is 0.316. The number of amides is 1. The minimum absolute atomic E-state index is 0.122. The second-order valence-corrected chi connectivity index (χ2v) is 6.24. The molecule has 0 fully saturated rings. The van der Waals surface area contributed by atoms with Gasteiger partial charge < -0.3 is 15.4 Å². The molecule has 0 atom stereocenters. The molecule has 146 valence electrons. The molecule has 0 spiro atoms. The van der Waals surface area contributed by atoms with Crippen molar-refractivity contribution in [3.05, 3.63) is 58.9 Å². The van der Waals surface area contributed by atoms with Crippen LogP contribution in [0, 0.1) is 13.8 Å². The van der Waals surface area contributed by atoms with E-state index in [1.807, 2.05) is 32.2 Å². The summed E-state index contributed by atoms with van der Waals surface area (Å²) in [7, 11) is 1.55. The highest BCUT2D eigenvalue weighted by Gasteiger charge is 2.14. The number of nitrogens with one attached hydrogen (secondary N) is 3. The first-order valence-corrected chi connectivity index (χ1v) is 8.91. The molecule has 3 heterocycles. The van der Waals surface area contributed by atoms with E-state index in [4.69, 9.17) is 4.74 Å². The zero-order valence-corrected chi connectivity index (χ0v) is 16.1. The average molecular weight is 381 g/mol. The summed E-state index contributed by atoms with van der Waals surface area (Å²) in [6, 6.07) is 5.38. The number of aromatic nitrogens is 5. The van der Waals surface area contributed by atoms with Crippen molar-refractivity contribution < 1.29 is 9.53 Å². The van der Waals surface area contributed by atoms with E-state index in [2.05, 4.69) is 35.8 Å². The number of hydrogen-bond acceptors (Lipinski definition) is 7. The first-order valence-electron chi connectivity index (χ1n) is 8.91. The third kappa shape index (κ3) is 4.81. The quantitative estimate of drug-likeness (QED) is 0.544. The molecule has 0 unspecified atom stereocenters. The van der Waals surface area contributed by atoms with Crippen LogP contribution in [-0.2, 0) is 13.0 Å². The highest BCUT2D eigenvalue weighted by atomic mass is 16.5. The van der Waals surface area contributed by atoms with Gasteiger partial charge in [-0.15, -0.1) is 0 Å². The van der Waals surface area contributed by atoms with Gasteiger partial charge in [-0.05, 0) is 31.9 Å². The van der Waals surface area contributed by atoms with Crippen LogP contribution >= 0.6 is 0 Å². The van der Waals surface area contributed by atoms with Gasteiger partial charge in [-0.2, -0.15) is 5.10 Å². The number of pyridine rings is 1. The zero-order chi connectivity index (χ0) is 19.9. The summed E-state index contributed by atoms with van der Waals surface area (Å²) in [5, 5.41) is 12.8. The molecule has 3 aromatic rings. The summed E-state index contributed by atoms with van der Waals surface area (Å²) in [5.41, 5.74) is 3.46. The summed E-state index contributed by atoms with van der Waals surface area (Å²) in [6.07, 6.45) is 4.43. The Morgan fingerprint density at radius 3 is 2.82 bits per heavy atom. The first kappa shape index (κ1) is 19.3. The van der Waals surface area contributed by atoms with E-state index in [9.17, 15) is 4.79 Å². The number of ether oxygens (including phenoxy) is 1. The number of aromatic amines is 1. The molecular formula is C19H23N7O2. The summed E-state index contributed by atoms with van der Waals surface area (Å²) in [5.74, 6) is 0.918. The maximum Gasteiger partial charge on any atom is 0.289 e. The molecule has 1 amide bonds. The van der Waals surface area contributed by atoms with Gasteiger partial charge in [-0.25, -0.2) is 15.0 Å². The molecule has 0 aromatic carbocycles. The summed E-state index contributed by atoms with van der Waals surface area (Å²) in [6.45, 7) is 4.72. The van der Waals surface area contributed by atoms with Crippen molar-refractivity contribution in [1.82, 2.24) is 30.5 Å². The second-order valence-electron chi connectivity index (χ2n) is 6.24. The monoisotopic (exact) mass is 381 g/mol. The van der Waals surface area contributed by atoms with Gasteiger partial charge in [0.1, 0.15) is 5.82 Å². The van der Waals surface area contributed by atoms with Crippen LogP contribution in [0.5, 0.6) is 5.88 Å². The van der Waals surface area contributed by atoms with Crippen molar-refractivity contribution in [3.63, 3.8) is 0 Å². The first-order chi connectivity index (χ1) is 13.6. The van der Waals surface area contributed by atoms with E-state index in [1.54, 1.807) is 19.4 Å². The lowest BCUT2D eigenvalue weighted by Gasteiger charge is -2.12. The molecule has 0 radical (unpaired) electrons. The van der Waals surface area contributed by atoms with E-state index in [1.165, 1.54) is 0 Å². The second kappa shape index (κ2) is 8.94. The Morgan fingerprint density at radius 2 is 2.07 bits per heavy atom. The van der Waals surface area contributed by atoms with Crippen LogP contribution in [0.1, 0.15) is 33.1 Å². The van der Waals surface area contributed by atoms with Crippen LogP contribution < -0.4 is 15.4 Å². The maximum atomic E-state index is 12.5. The molecule has 0 aliphatic carbocycles. The van der Waals surface area contributed by atoms with Gasteiger partial charge in [-0.3, -0.25) is 9.89 Å². The highest BCUT2D eigenvalue weighted by molar-refractivity contribution is 5.90. The number of methoxy groups -OCH3 is 1. The van der Waals surface area contributed by atoms with E-state index in [0.717, 1.165) is 23.2 Å². The van der Waals surface area contributed by atoms with Gasteiger partial charge >= 0.3 is 0 Å². The van der Waals surface area contributed by atoms with Crippen molar-refractivity contribution in [3.8, 4) is 5.88 Å². The van der Waals surface area contributed by atoms with Crippen molar-refractivity contribution in [1.29, 1.82) is 0 Å². The minimum Gasteiger partial charge on any atom is -0.481 e. The van der Waals surface area contributed by atoms with E-state index >= 15 is 0 Å². The predicted molar refractivity (Wildman–Crippen MR) is 104 cm³/mol. The largest absolute Gasteiger partial charge is 0.481 e. The molecule has 9 heteroatoms. The van der Waals surface area contributed by atoms with E-state index < -0.39 is 0 Å². The zero-order valence-electron chi connectivity index (χ0n) is 16.1. The topological polar surface area (TPSA) is 118 Å². The van der Waals surface area contributed by atoms with Gasteiger partial charge in [0.2, 0.25) is 11.7 Å². The van der Waals surface area contributed by atoms with E-state index in [-0.39, 0.29) is 18.3 Å². The Kier molecular flexibility index (Phi) is 6.15. The van der Waals surface area contributed by atoms with Crippen molar-refractivity contribution in [2.45, 2.75) is 26.8 Å². The van der Waals surface area contributed by atoms with Crippen LogP contribution in [0.3, 0.4) is 0 Å². The molecule has 0 saturated heterocycles. The van der Waals surface area contributed by atoms with Crippen LogP contribution in [0.2, 0.25) is 0 Å². The molecule has 3 N–H and O–H groups in total. The molecular weight excluding hydrogens is 358 g/mol. The van der Waals surface area contributed by atoms with Crippen LogP contribution in [0.15, 0.2) is 30.6 Å². The highest BCUT2D eigenvalue weighted by Crippen LogP contribution is 2.15. The SMILES string of the molecule is COc1cccc(CNC(=O)c2nc(C)c(C)c(NCCc3cn[nH]c3)n2)n1. The van der Waals surface area contributed by atoms with Crippen molar-refractivity contribution in [2.75, 3.05) is 19.0 Å². The number of anilines is 1. The van der Waals surface area contributed by atoms with Crippen molar-refractivity contribution >= 4 is 11.7 Å². The lowest BCUT2D eigenvalue weighted by Crippen LogP contribution is -2.26. The Hall–Kier alpha value is -3.49. The Morgan fingerprint density at radius 1 is 1.21 bits per heavy atom. The Labute approximate surface area is 163 Å². The fourth-order valence-electron chi connectivity index (χ4n) is 2.56. The number of carbonyl (C=O) groups excluding carboxylic acids is 1. The number of carbonyl (C=O) groups is 1. The molecule has 28 heavy (non-hydrogen) atoms. The lowest BCUT2D eigenvalue weighted by molar-refractivity contribution is 0.0939. The standard InChI is InChI=1S/C19H23N7O2/c1-12-13(2)24-18(26-17(12)20-8-7-14-9-22-23-10-14)19(27)21-11-15-5-4-6-16(25-15)28-3/h4-6,9-10H,7-8,11H2,1-3H3,(H,21,27)(H,22,23)(H,20,24,26). The Balaban J connectivity index is 1.65. The van der Waals surface area contributed by atoms with E-state index in [0.29, 0.717) is 23.9 Å². The minimum atomic E-state index is -0.356. The normalized spacial score (nSPS) is 10.5. The lowest BCUT2D eigenvalue weighted by atomic mass is 10.2. The van der Waals surface area contributed by atoms with Crippen LogP contribution in [0.25, 0.3) is 0 Å². The molecule has 3 aromatic heterocycles. The van der Waals surface area contributed by atoms with Crippen molar-refractivity contribution in [2.24, 2.45) is 0 Å². The molecule has 9 nitrogen and oxygen atoms in total. The van der Waals surface area contributed by atoms with Crippen LogP contribution in [-0.4, -0.2) is 44.7 Å². The molecule has 0 bridgehead atoms. The maximum absolute atomic E-state index is 12.5. The Bertz CT molecular complexity index is 941. The molecule has 0 aliphatic rings. The van der Waals surface area contributed by atoms with Gasteiger partial charge in [0.15, 0.2) is 0 Å². The summed E-state index contributed by atoms with van der Waals surface area (Å²) >= 11 is 0. The number of H-pyrrole nitrogens is 1. The number of rotatable bonds is 8. The fourth-order valence-corrected chi connectivity index (χ4v) is 2.56. The van der Waals surface area contributed by atoms with Crippen LogP contribution in [0.4, 0.5) is 5.82 Å². The smallest absolute Gasteiger partial charge is 0.289 e. The predicted octanol–water partition coefficient (Wildman–Crippen LogP) is 1.80. The number of aryl methyl sites for hydroxylation is 1.